The predicted molar refractivity (Wildman–Crippen MR) is 102 cm³/mol. The Balaban J connectivity index is 2.01. The predicted octanol–water partition coefficient (Wildman–Crippen LogP) is 4.94. The Hall–Kier alpha value is -3.06. The SMILES string of the molecule is CC1c2c(-c3ccc(O)cc3)c(-c3ccccc3C#N)nn2CC1(C)C. The molecule has 0 radical (unpaired) electrons. The molecule has 2 aromatic carbocycles. The molecule has 1 atom stereocenters. The van der Waals surface area contributed by atoms with E-state index in [4.69, 9.17) is 5.10 Å². The zero-order valence-electron chi connectivity index (χ0n) is 15.2. The fourth-order valence-electron chi connectivity index (χ4n) is 3.82. The molecule has 0 spiro atoms. The molecule has 4 heteroatoms. The molecule has 2 heterocycles. The third kappa shape index (κ3) is 2.40. The Morgan fingerprint density at radius 1 is 1.15 bits per heavy atom. The minimum Gasteiger partial charge on any atom is -0.508 e. The van der Waals surface area contributed by atoms with Gasteiger partial charge in [-0.15, -0.1) is 0 Å². The average Bonchev–Trinajstić information content (AvgIpc) is 3.09. The van der Waals surface area contributed by atoms with Crippen molar-refractivity contribution in [1.82, 2.24) is 9.78 Å². The van der Waals surface area contributed by atoms with E-state index in [1.807, 2.05) is 36.4 Å². The van der Waals surface area contributed by atoms with E-state index in [0.717, 1.165) is 28.9 Å². The lowest BCUT2D eigenvalue weighted by Crippen LogP contribution is -2.17. The molecular formula is C22H21N3O. The van der Waals surface area contributed by atoms with Gasteiger partial charge in [-0.2, -0.15) is 10.4 Å². The maximum Gasteiger partial charge on any atom is 0.115 e. The molecule has 4 rings (SSSR count). The molecule has 0 aliphatic carbocycles. The van der Waals surface area contributed by atoms with Gasteiger partial charge in [0.15, 0.2) is 0 Å². The summed E-state index contributed by atoms with van der Waals surface area (Å²) < 4.78 is 2.09. The third-order valence-corrected chi connectivity index (χ3v) is 5.59. The minimum atomic E-state index is 0.126. The van der Waals surface area contributed by atoms with Crippen molar-refractivity contribution in [2.45, 2.75) is 33.2 Å². The van der Waals surface area contributed by atoms with Gasteiger partial charge < -0.3 is 5.11 Å². The Morgan fingerprint density at radius 2 is 1.85 bits per heavy atom. The number of benzene rings is 2. The summed E-state index contributed by atoms with van der Waals surface area (Å²) >= 11 is 0. The van der Waals surface area contributed by atoms with Gasteiger partial charge in [0.05, 0.1) is 17.3 Å². The number of rotatable bonds is 2. The molecule has 4 nitrogen and oxygen atoms in total. The minimum absolute atomic E-state index is 0.126. The largest absolute Gasteiger partial charge is 0.508 e. The lowest BCUT2D eigenvalue weighted by Gasteiger charge is -2.23. The summed E-state index contributed by atoms with van der Waals surface area (Å²) in [4.78, 5) is 0. The molecule has 1 aromatic heterocycles. The van der Waals surface area contributed by atoms with Crippen LogP contribution < -0.4 is 0 Å². The Labute approximate surface area is 153 Å². The maximum absolute atomic E-state index is 9.69. The van der Waals surface area contributed by atoms with Crippen LogP contribution in [-0.2, 0) is 6.54 Å². The maximum atomic E-state index is 9.69. The average molecular weight is 343 g/mol. The number of phenols is 1. The topological polar surface area (TPSA) is 61.8 Å². The monoisotopic (exact) mass is 343 g/mol. The number of hydrogen-bond donors (Lipinski definition) is 1. The molecule has 0 amide bonds. The summed E-state index contributed by atoms with van der Waals surface area (Å²) in [5.41, 5.74) is 5.71. The summed E-state index contributed by atoms with van der Waals surface area (Å²) in [6.45, 7) is 7.61. The summed E-state index contributed by atoms with van der Waals surface area (Å²) in [6, 6.07) is 17.1. The molecule has 1 aliphatic rings. The Morgan fingerprint density at radius 3 is 2.54 bits per heavy atom. The molecule has 1 aliphatic heterocycles. The van der Waals surface area contributed by atoms with Crippen LogP contribution in [0.3, 0.4) is 0 Å². The summed E-state index contributed by atoms with van der Waals surface area (Å²) in [6.07, 6.45) is 0. The van der Waals surface area contributed by atoms with Crippen molar-refractivity contribution < 1.29 is 5.11 Å². The second-order valence-electron chi connectivity index (χ2n) is 7.68. The van der Waals surface area contributed by atoms with Crippen molar-refractivity contribution in [3.8, 4) is 34.2 Å². The fourth-order valence-corrected chi connectivity index (χ4v) is 3.82. The molecule has 3 aromatic rings. The molecule has 26 heavy (non-hydrogen) atoms. The number of nitrogens with zero attached hydrogens (tertiary/aromatic N) is 3. The highest BCUT2D eigenvalue weighted by molar-refractivity contribution is 5.86. The van der Waals surface area contributed by atoms with Crippen molar-refractivity contribution in [2.24, 2.45) is 5.41 Å². The number of aromatic nitrogens is 2. The first kappa shape index (κ1) is 16.4. The van der Waals surface area contributed by atoms with Crippen molar-refractivity contribution in [3.05, 3.63) is 59.8 Å². The van der Waals surface area contributed by atoms with Gasteiger partial charge in [0.1, 0.15) is 11.4 Å². The highest BCUT2D eigenvalue weighted by Gasteiger charge is 2.40. The Kier molecular flexibility index (Phi) is 3.62. The van der Waals surface area contributed by atoms with Gasteiger partial charge in [0, 0.05) is 23.6 Å². The van der Waals surface area contributed by atoms with Crippen LogP contribution in [0, 0.1) is 16.7 Å². The zero-order valence-corrected chi connectivity index (χ0v) is 15.2. The van der Waals surface area contributed by atoms with Gasteiger partial charge in [0.25, 0.3) is 0 Å². The van der Waals surface area contributed by atoms with Crippen molar-refractivity contribution in [3.63, 3.8) is 0 Å². The van der Waals surface area contributed by atoms with Gasteiger partial charge in [0.2, 0.25) is 0 Å². The summed E-state index contributed by atoms with van der Waals surface area (Å²) in [5.74, 6) is 0.576. The van der Waals surface area contributed by atoms with Gasteiger partial charge >= 0.3 is 0 Å². The summed E-state index contributed by atoms with van der Waals surface area (Å²) in [5, 5.41) is 24.1. The van der Waals surface area contributed by atoms with Crippen LogP contribution >= 0.6 is 0 Å². The molecule has 0 fully saturated rings. The fraction of sp³-hybridized carbons (Fsp3) is 0.273. The van der Waals surface area contributed by atoms with E-state index in [0.29, 0.717) is 11.5 Å². The van der Waals surface area contributed by atoms with E-state index < -0.39 is 0 Å². The van der Waals surface area contributed by atoms with Crippen LogP contribution in [0.1, 0.15) is 37.9 Å². The molecule has 0 saturated carbocycles. The molecular weight excluding hydrogens is 322 g/mol. The molecule has 0 saturated heterocycles. The molecule has 130 valence electrons. The highest BCUT2D eigenvalue weighted by Crippen LogP contribution is 2.49. The van der Waals surface area contributed by atoms with Crippen LogP contribution in [0.15, 0.2) is 48.5 Å². The first-order valence-electron chi connectivity index (χ1n) is 8.82. The normalized spacial score (nSPS) is 17.7. The molecule has 1 unspecified atom stereocenters. The lowest BCUT2D eigenvalue weighted by atomic mass is 9.79. The van der Waals surface area contributed by atoms with Gasteiger partial charge in [-0.1, -0.05) is 51.1 Å². The van der Waals surface area contributed by atoms with Gasteiger partial charge in [-0.05, 0) is 29.2 Å². The van der Waals surface area contributed by atoms with Crippen molar-refractivity contribution >= 4 is 0 Å². The van der Waals surface area contributed by atoms with E-state index >= 15 is 0 Å². The molecule has 1 N–H and O–H groups in total. The second-order valence-corrected chi connectivity index (χ2v) is 7.68. The smallest absolute Gasteiger partial charge is 0.115 e. The third-order valence-electron chi connectivity index (χ3n) is 5.59. The number of hydrogen-bond acceptors (Lipinski definition) is 3. The highest BCUT2D eigenvalue weighted by atomic mass is 16.3. The van der Waals surface area contributed by atoms with E-state index in [-0.39, 0.29) is 11.2 Å². The first-order chi connectivity index (χ1) is 12.4. The lowest BCUT2D eigenvalue weighted by molar-refractivity contribution is 0.301. The zero-order chi connectivity index (χ0) is 18.5. The quantitative estimate of drug-likeness (QED) is 0.717. The van der Waals surface area contributed by atoms with E-state index in [1.54, 1.807) is 12.1 Å². The van der Waals surface area contributed by atoms with Gasteiger partial charge in [-0.25, -0.2) is 0 Å². The van der Waals surface area contributed by atoms with Crippen LogP contribution in [0.4, 0.5) is 0 Å². The van der Waals surface area contributed by atoms with Crippen LogP contribution in [0.25, 0.3) is 22.4 Å². The van der Waals surface area contributed by atoms with Crippen LogP contribution in [-0.4, -0.2) is 14.9 Å². The standard InChI is InChI=1S/C22H21N3O/c1-14-21-19(15-8-10-17(26)11-9-15)20(24-25(21)13-22(14,2)3)18-7-5-4-6-16(18)12-23/h4-11,14,26H,13H2,1-3H3. The van der Waals surface area contributed by atoms with Crippen LogP contribution in [0.5, 0.6) is 5.75 Å². The number of phenolic OH excluding ortho intramolecular Hbond substituents is 1. The number of nitriles is 1. The van der Waals surface area contributed by atoms with E-state index in [1.165, 1.54) is 5.69 Å². The first-order valence-corrected chi connectivity index (χ1v) is 8.82. The van der Waals surface area contributed by atoms with Crippen molar-refractivity contribution in [2.75, 3.05) is 0 Å². The van der Waals surface area contributed by atoms with Gasteiger partial charge in [-0.3, -0.25) is 4.68 Å². The van der Waals surface area contributed by atoms with E-state index in [2.05, 4.69) is 31.5 Å². The second kappa shape index (κ2) is 5.74. The number of aromatic hydroxyl groups is 1. The number of fused-ring (bicyclic) bond motifs is 1. The molecule has 0 bridgehead atoms. The van der Waals surface area contributed by atoms with E-state index in [9.17, 15) is 10.4 Å². The van der Waals surface area contributed by atoms with Crippen molar-refractivity contribution in [1.29, 1.82) is 5.26 Å². The van der Waals surface area contributed by atoms with Crippen LogP contribution in [0.2, 0.25) is 0 Å². The summed E-state index contributed by atoms with van der Waals surface area (Å²) in [7, 11) is 0. The Bertz CT molecular complexity index is 1020.